The number of benzene rings is 1. The molecule has 0 aliphatic carbocycles. The number of hydrogen-bond acceptors (Lipinski definition) is 2. The molecule has 0 aliphatic heterocycles. The molecule has 1 aromatic carbocycles. The Labute approximate surface area is 119 Å². The van der Waals surface area contributed by atoms with Crippen molar-refractivity contribution < 1.29 is 0 Å². The van der Waals surface area contributed by atoms with Gasteiger partial charge in [0.15, 0.2) is 0 Å². The van der Waals surface area contributed by atoms with Crippen molar-refractivity contribution in [1.29, 1.82) is 0 Å². The van der Waals surface area contributed by atoms with Crippen LogP contribution in [0.1, 0.15) is 16.8 Å². The van der Waals surface area contributed by atoms with E-state index < -0.39 is 0 Å². The van der Waals surface area contributed by atoms with Crippen LogP contribution in [0, 0.1) is 6.92 Å². The fraction of sp³-hybridized carbons (Fsp3) is 0.312. The lowest BCUT2D eigenvalue weighted by Crippen LogP contribution is -2.15. The standard InChI is InChI=1S/C16H20N4/c1-12-14-6-4-5-7-15(14)20(3)16(12)10-17-8-13-9-18-19(2)11-13/h4-7,9,11,17H,8,10H2,1-3H3. The molecule has 0 radical (unpaired) electrons. The summed E-state index contributed by atoms with van der Waals surface area (Å²) in [6.45, 7) is 3.91. The fourth-order valence-corrected chi connectivity index (χ4v) is 2.78. The van der Waals surface area contributed by atoms with Crippen LogP contribution in [-0.4, -0.2) is 14.3 Å². The molecule has 0 bridgehead atoms. The van der Waals surface area contributed by atoms with E-state index in [1.54, 1.807) is 0 Å². The monoisotopic (exact) mass is 268 g/mol. The van der Waals surface area contributed by atoms with Gasteiger partial charge in [-0.05, 0) is 18.6 Å². The van der Waals surface area contributed by atoms with E-state index in [2.05, 4.69) is 53.2 Å². The molecule has 3 aromatic rings. The minimum Gasteiger partial charge on any atom is -0.346 e. The Balaban J connectivity index is 1.77. The summed E-state index contributed by atoms with van der Waals surface area (Å²) in [5.74, 6) is 0. The molecule has 0 saturated heterocycles. The van der Waals surface area contributed by atoms with E-state index in [1.807, 2.05) is 24.1 Å². The Morgan fingerprint density at radius 2 is 1.95 bits per heavy atom. The van der Waals surface area contributed by atoms with E-state index in [4.69, 9.17) is 0 Å². The third-order valence-corrected chi connectivity index (χ3v) is 3.89. The summed E-state index contributed by atoms with van der Waals surface area (Å²) < 4.78 is 4.11. The molecular weight excluding hydrogens is 248 g/mol. The molecule has 3 rings (SSSR count). The van der Waals surface area contributed by atoms with Crippen molar-refractivity contribution in [2.24, 2.45) is 14.1 Å². The average molecular weight is 268 g/mol. The third-order valence-electron chi connectivity index (χ3n) is 3.89. The van der Waals surface area contributed by atoms with Gasteiger partial charge in [-0.3, -0.25) is 4.68 Å². The maximum absolute atomic E-state index is 4.18. The molecule has 4 heteroatoms. The van der Waals surface area contributed by atoms with Crippen molar-refractivity contribution in [3.63, 3.8) is 0 Å². The first-order valence-corrected chi connectivity index (χ1v) is 6.88. The molecule has 0 spiro atoms. The zero-order valence-electron chi connectivity index (χ0n) is 12.2. The second-order valence-corrected chi connectivity index (χ2v) is 5.27. The van der Waals surface area contributed by atoms with Gasteiger partial charge in [-0.2, -0.15) is 5.10 Å². The van der Waals surface area contributed by atoms with Crippen molar-refractivity contribution in [1.82, 2.24) is 19.7 Å². The molecule has 0 saturated carbocycles. The summed E-state index contributed by atoms with van der Waals surface area (Å²) >= 11 is 0. The molecule has 2 heterocycles. The van der Waals surface area contributed by atoms with Gasteiger partial charge in [0.25, 0.3) is 0 Å². The van der Waals surface area contributed by atoms with E-state index in [9.17, 15) is 0 Å². The second kappa shape index (κ2) is 5.13. The van der Waals surface area contributed by atoms with Gasteiger partial charge in [-0.25, -0.2) is 0 Å². The molecule has 0 unspecified atom stereocenters. The average Bonchev–Trinajstić information content (AvgIpc) is 2.97. The number of para-hydroxylation sites is 1. The maximum Gasteiger partial charge on any atom is 0.0534 e. The zero-order chi connectivity index (χ0) is 14.1. The van der Waals surface area contributed by atoms with Crippen LogP contribution in [0.2, 0.25) is 0 Å². The first-order valence-electron chi connectivity index (χ1n) is 6.88. The van der Waals surface area contributed by atoms with E-state index >= 15 is 0 Å². The molecule has 0 amide bonds. The predicted molar refractivity (Wildman–Crippen MR) is 81.4 cm³/mol. The summed E-state index contributed by atoms with van der Waals surface area (Å²) in [4.78, 5) is 0. The van der Waals surface area contributed by atoms with Gasteiger partial charge in [0.2, 0.25) is 0 Å². The number of nitrogens with zero attached hydrogens (tertiary/aromatic N) is 3. The Bertz CT molecular complexity index is 697. The van der Waals surface area contributed by atoms with Gasteiger partial charge in [0.05, 0.1) is 6.20 Å². The van der Waals surface area contributed by atoms with Gasteiger partial charge in [-0.1, -0.05) is 18.2 Å². The number of fused-ring (bicyclic) bond motifs is 1. The van der Waals surface area contributed by atoms with Crippen LogP contribution in [0.15, 0.2) is 36.7 Å². The topological polar surface area (TPSA) is 34.8 Å². The molecule has 20 heavy (non-hydrogen) atoms. The smallest absolute Gasteiger partial charge is 0.0534 e. The van der Waals surface area contributed by atoms with Gasteiger partial charge in [0.1, 0.15) is 0 Å². The lowest BCUT2D eigenvalue weighted by Gasteiger charge is -2.07. The number of aromatic nitrogens is 3. The summed E-state index contributed by atoms with van der Waals surface area (Å²) in [5, 5.41) is 9.02. The quantitative estimate of drug-likeness (QED) is 0.789. The van der Waals surface area contributed by atoms with Crippen LogP contribution < -0.4 is 5.32 Å². The van der Waals surface area contributed by atoms with Crippen LogP contribution in [-0.2, 0) is 27.2 Å². The lowest BCUT2D eigenvalue weighted by molar-refractivity contribution is 0.656. The second-order valence-electron chi connectivity index (χ2n) is 5.27. The van der Waals surface area contributed by atoms with Crippen molar-refractivity contribution in [2.45, 2.75) is 20.0 Å². The molecule has 0 atom stereocenters. The maximum atomic E-state index is 4.18. The van der Waals surface area contributed by atoms with E-state index in [1.165, 1.54) is 27.7 Å². The van der Waals surface area contributed by atoms with Gasteiger partial charge in [-0.15, -0.1) is 0 Å². The number of hydrogen-bond donors (Lipinski definition) is 1. The van der Waals surface area contributed by atoms with Crippen molar-refractivity contribution >= 4 is 10.9 Å². The predicted octanol–water partition coefficient (Wildman–Crippen LogP) is 2.51. The first-order chi connectivity index (χ1) is 9.66. The largest absolute Gasteiger partial charge is 0.346 e. The van der Waals surface area contributed by atoms with Crippen molar-refractivity contribution in [3.8, 4) is 0 Å². The normalized spacial score (nSPS) is 11.3. The summed E-state index contributed by atoms with van der Waals surface area (Å²) in [5.41, 5.74) is 5.21. The SMILES string of the molecule is Cc1c(CNCc2cnn(C)c2)n(C)c2ccccc12. The summed E-state index contributed by atoms with van der Waals surface area (Å²) in [6.07, 6.45) is 3.95. The number of aryl methyl sites for hydroxylation is 3. The highest BCUT2D eigenvalue weighted by Gasteiger charge is 2.10. The molecule has 0 aliphatic rings. The zero-order valence-corrected chi connectivity index (χ0v) is 12.2. The number of nitrogens with one attached hydrogen (secondary N) is 1. The Kier molecular flexibility index (Phi) is 3.32. The molecule has 2 aromatic heterocycles. The van der Waals surface area contributed by atoms with E-state index in [-0.39, 0.29) is 0 Å². The Morgan fingerprint density at radius 3 is 2.65 bits per heavy atom. The molecular formula is C16H20N4. The van der Waals surface area contributed by atoms with E-state index in [0.29, 0.717) is 0 Å². The summed E-state index contributed by atoms with van der Waals surface area (Å²) in [7, 11) is 4.08. The first kappa shape index (κ1) is 12.9. The van der Waals surface area contributed by atoms with Crippen LogP contribution in [0.25, 0.3) is 10.9 Å². The highest BCUT2D eigenvalue weighted by molar-refractivity contribution is 5.85. The number of rotatable bonds is 4. The minimum atomic E-state index is 0.842. The minimum absolute atomic E-state index is 0.842. The highest BCUT2D eigenvalue weighted by atomic mass is 15.2. The fourth-order valence-electron chi connectivity index (χ4n) is 2.78. The van der Waals surface area contributed by atoms with Crippen molar-refractivity contribution in [3.05, 3.63) is 53.5 Å². The van der Waals surface area contributed by atoms with Crippen molar-refractivity contribution in [2.75, 3.05) is 0 Å². The van der Waals surface area contributed by atoms with Gasteiger partial charge < -0.3 is 9.88 Å². The Morgan fingerprint density at radius 1 is 1.15 bits per heavy atom. The van der Waals surface area contributed by atoms with Crippen LogP contribution in [0.4, 0.5) is 0 Å². The van der Waals surface area contributed by atoms with Gasteiger partial charge >= 0.3 is 0 Å². The molecule has 0 fully saturated rings. The molecule has 104 valence electrons. The van der Waals surface area contributed by atoms with Crippen LogP contribution in [0.5, 0.6) is 0 Å². The lowest BCUT2D eigenvalue weighted by atomic mass is 10.1. The molecule has 4 nitrogen and oxygen atoms in total. The Hall–Kier alpha value is -2.07. The van der Waals surface area contributed by atoms with Crippen LogP contribution >= 0.6 is 0 Å². The molecule has 1 N–H and O–H groups in total. The van der Waals surface area contributed by atoms with Gasteiger partial charge in [0, 0.05) is 55.5 Å². The summed E-state index contributed by atoms with van der Waals surface area (Å²) in [6, 6.07) is 8.55. The van der Waals surface area contributed by atoms with Crippen LogP contribution in [0.3, 0.4) is 0 Å². The van der Waals surface area contributed by atoms with E-state index in [0.717, 1.165) is 13.1 Å². The highest BCUT2D eigenvalue weighted by Crippen LogP contribution is 2.24. The third kappa shape index (κ3) is 2.23.